The Morgan fingerprint density at radius 2 is 0.712 bits per heavy atom. The smallest absolute Gasteiger partial charge is 0.255 e. The van der Waals surface area contributed by atoms with Gasteiger partial charge in [0, 0.05) is 54.6 Å². The van der Waals surface area contributed by atoms with Crippen LogP contribution in [-0.4, -0.2) is 29.9 Å². The molecular weight excluding hydrogens is 1320 g/mol. The van der Waals surface area contributed by atoms with Crippen molar-refractivity contribution in [2.75, 3.05) is 0 Å². The van der Waals surface area contributed by atoms with Crippen molar-refractivity contribution >= 4 is 88.2 Å². The molecule has 0 bridgehead atoms. The van der Waals surface area contributed by atoms with Crippen LogP contribution >= 0.6 is 0 Å². The number of pyridine rings is 2. The Labute approximate surface area is 588 Å². The number of nitrogens with zero attached hydrogens (tertiary/aromatic N) is 12. The van der Waals surface area contributed by atoms with E-state index in [9.17, 15) is 36.9 Å². The molecule has 0 radical (unpaired) electrons. The summed E-state index contributed by atoms with van der Waals surface area (Å²) in [7, 11) is 0. The zero-order chi connectivity index (χ0) is 72.1. The predicted octanol–water partition coefficient (Wildman–Crippen LogP) is 23.7. The molecule has 0 unspecified atom stereocenters. The number of para-hydroxylation sites is 2. The zero-order valence-corrected chi connectivity index (χ0v) is 54.2. The quantitative estimate of drug-likeness (QED) is 0.0633. The summed E-state index contributed by atoms with van der Waals surface area (Å²) in [5, 5.41) is 23.1. The number of fused-ring (bicyclic) bond motifs is 10. The van der Waals surface area contributed by atoms with Gasteiger partial charge in [-0.1, -0.05) is 152 Å². The third kappa shape index (κ3) is 11.9. The van der Waals surface area contributed by atoms with Gasteiger partial charge >= 0.3 is 6.18 Å². The van der Waals surface area contributed by atoms with Crippen LogP contribution in [0.2, 0.25) is 0 Å². The molecule has 0 spiro atoms. The highest BCUT2D eigenvalue weighted by atomic mass is 19.4. The van der Waals surface area contributed by atoms with Crippen LogP contribution in [0.3, 0.4) is 0 Å². The molecule has 0 saturated heterocycles. The van der Waals surface area contributed by atoms with Gasteiger partial charge in [0.1, 0.15) is 0 Å². The molecule has 0 aliphatic heterocycles. The van der Waals surface area contributed by atoms with Crippen LogP contribution in [0.25, 0.3) is 175 Å². The number of hydrogen-bond donors (Lipinski definition) is 0. The molecule has 12 nitrogen and oxygen atoms in total. The molecule has 4 heterocycles. The summed E-state index contributed by atoms with van der Waals surface area (Å²) >= 11 is 0. The second kappa shape index (κ2) is 26.5. The Morgan fingerprint density at radius 3 is 1.10 bits per heavy atom. The van der Waals surface area contributed by atoms with Gasteiger partial charge in [0.15, 0.2) is 28.8 Å². The number of alkyl halides is 3. The van der Waals surface area contributed by atoms with Gasteiger partial charge in [0.2, 0.25) is 11.4 Å². The first kappa shape index (κ1) is 65.1. The third-order valence-electron chi connectivity index (χ3n) is 17.9. The number of halogens is 6. The summed E-state index contributed by atoms with van der Waals surface area (Å²) < 4.78 is 83.6. The van der Waals surface area contributed by atoms with Crippen LogP contribution < -0.4 is 0 Å². The topological polar surface area (TPSA) is 142 Å². The SMILES string of the molecule is [C-]#[N+]c1ccc(-c2nc3c([N+]#[C-])cc4c(-c5cccc(-c6cc(C)cc(C(F)(F)F)c6)c5)nc5ccccc5c4c3nc2-c2ccc(C#N)cc2)cc1.[C-]#[N+]c1ccc(-c2nc3c([N+]#[C-])cc4c(-c5cccc(-c6cc(F)c(F)c(F)c6)c5)nc5ccccc5c4c3nc2-c2ccc(C#N)cc2)cc1. The average Bonchev–Trinajstić information content (AvgIpc) is 0.728. The molecule has 0 fully saturated rings. The van der Waals surface area contributed by atoms with Crippen molar-refractivity contribution in [3.8, 4) is 102 Å². The summed E-state index contributed by atoms with van der Waals surface area (Å²) in [6.07, 6.45) is -4.50. The predicted molar refractivity (Wildman–Crippen MR) is 392 cm³/mol. The number of benzene rings is 12. The number of nitriles is 2. The van der Waals surface area contributed by atoms with Crippen molar-refractivity contribution in [2.45, 2.75) is 13.1 Å². The van der Waals surface area contributed by atoms with E-state index in [1.165, 1.54) is 0 Å². The largest absolute Gasteiger partial charge is 0.416 e. The van der Waals surface area contributed by atoms with Crippen molar-refractivity contribution in [2.24, 2.45) is 0 Å². The van der Waals surface area contributed by atoms with Gasteiger partial charge in [-0.25, -0.2) is 52.5 Å². The van der Waals surface area contributed by atoms with Gasteiger partial charge in [-0.2, -0.15) is 23.7 Å². The number of hydrogen-bond acceptors (Lipinski definition) is 8. The number of aryl methyl sites for hydroxylation is 1. The molecule has 16 rings (SSSR count). The maximum absolute atomic E-state index is 14.2. The first-order valence-electron chi connectivity index (χ1n) is 31.9. The van der Waals surface area contributed by atoms with Crippen LogP contribution in [0, 0.1) is 73.3 Å². The highest BCUT2D eigenvalue weighted by Gasteiger charge is 2.32. The van der Waals surface area contributed by atoms with Crippen LogP contribution in [-0.2, 0) is 6.18 Å². The molecular formula is C86H42F6N12. The van der Waals surface area contributed by atoms with E-state index in [-0.39, 0.29) is 16.9 Å². The Balaban J connectivity index is 0.000000167. The van der Waals surface area contributed by atoms with E-state index in [1.54, 1.807) is 153 Å². The minimum atomic E-state index is -4.50. The van der Waals surface area contributed by atoms with Gasteiger partial charge in [-0.15, -0.1) is 0 Å². The molecule has 18 heteroatoms. The zero-order valence-electron chi connectivity index (χ0n) is 54.2. The first-order valence-corrected chi connectivity index (χ1v) is 31.9. The van der Waals surface area contributed by atoms with Gasteiger partial charge < -0.3 is 0 Å². The monoisotopic (exact) mass is 1360 g/mol. The molecule has 16 aromatic rings. The summed E-state index contributed by atoms with van der Waals surface area (Å²) in [5.41, 5.74) is 13.8. The second-order valence-electron chi connectivity index (χ2n) is 24.2. The first-order chi connectivity index (χ1) is 50.5. The lowest BCUT2D eigenvalue weighted by Gasteiger charge is -2.17. The second-order valence-corrected chi connectivity index (χ2v) is 24.2. The lowest BCUT2D eigenvalue weighted by Crippen LogP contribution is -2.05. The van der Waals surface area contributed by atoms with Crippen molar-refractivity contribution in [1.82, 2.24) is 29.9 Å². The fourth-order valence-electron chi connectivity index (χ4n) is 13.0. The molecule has 0 aliphatic carbocycles. The van der Waals surface area contributed by atoms with Crippen LogP contribution in [0.15, 0.2) is 237 Å². The fraction of sp³-hybridized carbons (Fsp3) is 0.0233. The van der Waals surface area contributed by atoms with Crippen molar-refractivity contribution in [1.29, 1.82) is 10.5 Å². The Morgan fingerprint density at radius 1 is 0.337 bits per heavy atom. The minimum Gasteiger partial charge on any atom is -0.255 e. The lowest BCUT2D eigenvalue weighted by atomic mass is 9.94. The van der Waals surface area contributed by atoms with Gasteiger partial charge in [0.25, 0.3) is 0 Å². The highest BCUT2D eigenvalue weighted by molar-refractivity contribution is 6.25. The van der Waals surface area contributed by atoms with Crippen LogP contribution in [0.4, 0.5) is 49.1 Å². The summed E-state index contributed by atoms with van der Waals surface area (Å²) in [4.78, 5) is 45.5. The van der Waals surface area contributed by atoms with E-state index in [4.69, 9.17) is 56.2 Å². The number of rotatable bonds is 8. The van der Waals surface area contributed by atoms with Gasteiger partial charge in [-0.3, -0.25) is 9.97 Å². The van der Waals surface area contributed by atoms with Gasteiger partial charge in [-0.05, 0) is 131 Å². The molecule has 488 valence electrons. The Bertz CT molecular complexity index is 6550. The number of aromatic nitrogens is 6. The Kier molecular flexibility index (Phi) is 16.6. The molecule has 0 saturated carbocycles. The summed E-state index contributed by atoms with van der Waals surface area (Å²) in [6.45, 7) is 32.9. The van der Waals surface area contributed by atoms with E-state index < -0.39 is 29.2 Å². The van der Waals surface area contributed by atoms with E-state index in [0.29, 0.717) is 167 Å². The van der Waals surface area contributed by atoms with Crippen LogP contribution in [0.5, 0.6) is 0 Å². The highest BCUT2D eigenvalue weighted by Crippen LogP contribution is 2.47. The molecule has 12 aromatic carbocycles. The average molecular weight is 1360 g/mol. The maximum atomic E-state index is 14.2. The summed E-state index contributed by atoms with van der Waals surface area (Å²) in [5.74, 6) is -4.13. The normalized spacial score (nSPS) is 11.2. The lowest BCUT2D eigenvalue weighted by molar-refractivity contribution is -0.137. The summed E-state index contributed by atoms with van der Waals surface area (Å²) in [6, 6.07) is 70.9. The molecule has 0 amide bonds. The van der Waals surface area contributed by atoms with Crippen LogP contribution in [0.1, 0.15) is 22.3 Å². The minimum absolute atomic E-state index is 0.153. The third-order valence-corrected chi connectivity index (χ3v) is 17.9. The van der Waals surface area contributed by atoms with E-state index in [1.807, 2.05) is 66.7 Å². The molecule has 0 aliphatic rings. The van der Waals surface area contributed by atoms with E-state index in [2.05, 4.69) is 31.5 Å². The fourth-order valence-corrected chi connectivity index (χ4v) is 13.0. The Hall–Kier alpha value is -14.8. The van der Waals surface area contributed by atoms with E-state index >= 15 is 0 Å². The maximum Gasteiger partial charge on any atom is 0.416 e. The van der Waals surface area contributed by atoms with Crippen molar-refractivity contribution < 1.29 is 26.3 Å². The molecule has 0 atom stereocenters. The van der Waals surface area contributed by atoms with E-state index in [0.717, 1.165) is 35.0 Å². The van der Waals surface area contributed by atoms with Crippen molar-refractivity contribution in [3.63, 3.8) is 0 Å². The van der Waals surface area contributed by atoms with Gasteiger partial charge in [0.05, 0.1) is 122 Å². The molecule has 4 aromatic heterocycles. The molecule has 104 heavy (non-hydrogen) atoms. The standard InChI is InChI=1S/C44H23F3N6.C42H19F3N6/c1-25-19-31(22-32(20-25)44(45,46)47)29-7-6-8-30(21-29)39-35-23-37(50-3)42-43(38(35)34-9-4-5-10-36(34)51-39)53-41(27-13-11-26(24-48)12-14-27)40(52-42)28-15-17-33(49-2)18-16-28;1-47-29-16-14-25(15-17-29)39-40(24-12-10-23(22-46)11-13-24)51-42-36-30-8-3-4-9-34(30)49-38(31(36)21-35(48-2)41(42)50-39)27-7-5-6-26(18-27)28-19-32(43)37(45)33(44)20-28/h4-23H,1H3;3-21H. The van der Waals surface area contributed by atoms with Crippen molar-refractivity contribution in [3.05, 3.63) is 322 Å². The molecule has 0 N–H and O–H groups in total.